The molecule has 0 radical (unpaired) electrons. The summed E-state index contributed by atoms with van der Waals surface area (Å²) in [5, 5.41) is 0. The Hall–Kier alpha value is -1.51. The van der Waals surface area contributed by atoms with Crippen LogP contribution in [0.25, 0.3) is 0 Å². The largest absolute Gasteiger partial charge is 0.484 e. The minimum absolute atomic E-state index is 0.0772. The van der Waals surface area contributed by atoms with Crippen LogP contribution < -0.4 is 4.74 Å². The van der Waals surface area contributed by atoms with Crippen molar-refractivity contribution in [3.63, 3.8) is 0 Å². The fourth-order valence-corrected chi connectivity index (χ4v) is 2.00. The number of unbranched alkanes of at least 4 members (excludes halogenated alkanes) is 1. The van der Waals surface area contributed by atoms with Gasteiger partial charge >= 0.3 is 0 Å². The highest BCUT2D eigenvalue weighted by atomic mass is 16.5. The summed E-state index contributed by atoms with van der Waals surface area (Å²) in [5.74, 6) is 0.830. The Morgan fingerprint density at radius 2 is 1.90 bits per heavy atom. The number of rotatable bonds is 8. The molecule has 0 aromatic heterocycles. The molecule has 1 atom stereocenters. The second-order valence-corrected chi connectivity index (χ2v) is 5.30. The summed E-state index contributed by atoms with van der Waals surface area (Å²) in [5.41, 5.74) is 1.19. The van der Waals surface area contributed by atoms with Gasteiger partial charge in [0.2, 0.25) is 0 Å². The Morgan fingerprint density at radius 1 is 1.25 bits per heavy atom. The van der Waals surface area contributed by atoms with Crippen LogP contribution in [0.1, 0.15) is 45.6 Å². The quantitative estimate of drug-likeness (QED) is 0.723. The zero-order chi connectivity index (χ0) is 15.0. The Kier molecular flexibility index (Phi) is 7.13. The van der Waals surface area contributed by atoms with E-state index in [9.17, 15) is 4.79 Å². The van der Waals surface area contributed by atoms with Crippen molar-refractivity contribution in [1.82, 2.24) is 4.90 Å². The smallest absolute Gasteiger partial charge is 0.260 e. The fourth-order valence-electron chi connectivity index (χ4n) is 2.00. The first-order chi connectivity index (χ1) is 9.58. The summed E-state index contributed by atoms with van der Waals surface area (Å²) in [6.07, 6.45) is 3.11. The number of nitrogens with zero attached hydrogens (tertiary/aromatic N) is 1. The monoisotopic (exact) mass is 277 g/mol. The molecule has 3 heteroatoms. The van der Waals surface area contributed by atoms with Gasteiger partial charge < -0.3 is 9.64 Å². The van der Waals surface area contributed by atoms with Crippen molar-refractivity contribution in [3.05, 3.63) is 29.8 Å². The van der Waals surface area contributed by atoms with Crippen LogP contribution >= 0.6 is 0 Å². The molecule has 0 spiro atoms. The van der Waals surface area contributed by atoms with Gasteiger partial charge in [-0.25, -0.2) is 0 Å². The van der Waals surface area contributed by atoms with Crippen LogP contribution in [0, 0.1) is 6.92 Å². The van der Waals surface area contributed by atoms with Crippen molar-refractivity contribution >= 4 is 5.91 Å². The molecule has 0 saturated heterocycles. The summed E-state index contributed by atoms with van der Waals surface area (Å²) in [4.78, 5) is 14.2. The molecule has 1 aromatic rings. The van der Waals surface area contributed by atoms with Crippen molar-refractivity contribution in [2.24, 2.45) is 0 Å². The first-order valence-corrected chi connectivity index (χ1v) is 7.57. The Labute approximate surface area is 122 Å². The number of hydrogen-bond acceptors (Lipinski definition) is 2. The molecule has 0 aliphatic rings. The van der Waals surface area contributed by atoms with Gasteiger partial charge in [0, 0.05) is 12.6 Å². The molecule has 0 aliphatic carbocycles. The standard InChI is InChI=1S/C17H27NO2/c1-5-7-12-18(15(4)6-2)17(19)13-20-16-10-8-14(3)9-11-16/h8-11,15H,5-7,12-13H2,1-4H3. The van der Waals surface area contributed by atoms with E-state index in [1.54, 1.807) is 0 Å². The molecule has 0 heterocycles. The minimum atomic E-state index is 0.0772. The van der Waals surface area contributed by atoms with Gasteiger partial charge in [0.15, 0.2) is 6.61 Å². The second-order valence-electron chi connectivity index (χ2n) is 5.30. The first kappa shape index (κ1) is 16.5. The van der Waals surface area contributed by atoms with Crippen molar-refractivity contribution < 1.29 is 9.53 Å². The van der Waals surface area contributed by atoms with E-state index in [1.807, 2.05) is 36.1 Å². The molecule has 0 bridgehead atoms. The number of amides is 1. The Balaban J connectivity index is 2.54. The number of ether oxygens (including phenoxy) is 1. The van der Waals surface area contributed by atoms with Gasteiger partial charge in [0.05, 0.1) is 0 Å². The molecule has 1 rings (SSSR count). The van der Waals surface area contributed by atoms with Crippen LogP contribution in [0.15, 0.2) is 24.3 Å². The molecule has 20 heavy (non-hydrogen) atoms. The zero-order valence-electron chi connectivity index (χ0n) is 13.2. The van der Waals surface area contributed by atoms with Crippen LogP contribution in [-0.2, 0) is 4.79 Å². The van der Waals surface area contributed by atoms with Crippen LogP contribution in [0.2, 0.25) is 0 Å². The maximum Gasteiger partial charge on any atom is 0.260 e. The topological polar surface area (TPSA) is 29.5 Å². The number of hydrogen-bond donors (Lipinski definition) is 0. The Bertz CT molecular complexity index is 400. The van der Waals surface area contributed by atoms with E-state index in [-0.39, 0.29) is 18.6 Å². The molecule has 1 amide bonds. The van der Waals surface area contributed by atoms with E-state index in [0.717, 1.165) is 31.6 Å². The summed E-state index contributed by atoms with van der Waals surface area (Å²) < 4.78 is 5.59. The average Bonchev–Trinajstić information content (AvgIpc) is 2.46. The number of aryl methyl sites for hydroxylation is 1. The van der Waals surface area contributed by atoms with E-state index < -0.39 is 0 Å². The third kappa shape index (κ3) is 5.24. The zero-order valence-corrected chi connectivity index (χ0v) is 13.2. The highest BCUT2D eigenvalue weighted by Gasteiger charge is 2.18. The van der Waals surface area contributed by atoms with Crippen molar-refractivity contribution in [3.8, 4) is 5.75 Å². The summed E-state index contributed by atoms with van der Waals surface area (Å²) in [6.45, 7) is 9.32. The lowest BCUT2D eigenvalue weighted by atomic mass is 10.2. The van der Waals surface area contributed by atoms with Crippen molar-refractivity contribution in [1.29, 1.82) is 0 Å². The molecule has 0 saturated carbocycles. The second kappa shape index (κ2) is 8.62. The fraction of sp³-hybridized carbons (Fsp3) is 0.588. The van der Waals surface area contributed by atoms with Crippen LogP contribution in [0.5, 0.6) is 5.75 Å². The molecular formula is C17H27NO2. The number of benzene rings is 1. The molecule has 0 aliphatic heterocycles. The molecule has 3 nitrogen and oxygen atoms in total. The molecule has 0 N–H and O–H groups in total. The van der Waals surface area contributed by atoms with Gasteiger partial charge in [-0.05, 0) is 38.8 Å². The van der Waals surface area contributed by atoms with Crippen LogP contribution in [0.3, 0.4) is 0 Å². The lowest BCUT2D eigenvalue weighted by molar-refractivity contribution is -0.135. The van der Waals surface area contributed by atoms with E-state index >= 15 is 0 Å². The maximum absolute atomic E-state index is 12.3. The Morgan fingerprint density at radius 3 is 2.45 bits per heavy atom. The van der Waals surface area contributed by atoms with E-state index in [4.69, 9.17) is 4.74 Å². The van der Waals surface area contributed by atoms with E-state index in [2.05, 4.69) is 20.8 Å². The molecular weight excluding hydrogens is 250 g/mol. The van der Waals surface area contributed by atoms with E-state index in [0.29, 0.717) is 0 Å². The van der Waals surface area contributed by atoms with Gasteiger partial charge in [0.1, 0.15) is 5.75 Å². The van der Waals surface area contributed by atoms with E-state index in [1.165, 1.54) is 5.56 Å². The van der Waals surface area contributed by atoms with Crippen molar-refractivity contribution in [2.45, 2.75) is 53.0 Å². The lowest BCUT2D eigenvalue weighted by Gasteiger charge is -2.28. The van der Waals surface area contributed by atoms with Gasteiger partial charge in [0.25, 0.3) is 5.91 Å². The highest BCUT2D eigenvalue weighted by Crippen LogP contribution is 2.12. The van der Waals surface area contributed by atoms with Gasteiger partial charge in [-0.2, -0.15) is 0 Å². The molecule has 0 fully saturated rings. The third-order valence-corrected chi connectivity index (χ3v) is 3.58. The van der Waals surface area contributed by atoms with Gasteiger partial charge in [-0.3, -0.25) is 4.79 Å². The van der Waals surface area contributed by atoms with Gasteiger partial charge in [-0.1, -0.05) is 38.0 Å². The van der Waals surface area contributed by atoms with Gasteiger partial charge in [-0.15, -0.1) is 0 Å². The summed E-state index contributed by atoms with van der Waals surface area (Å²) in [7, 11) is 0. The molecule has 112 valence electrons. The SMILES string of the molecule is CCCCN(C(=O)COc1ccc(C)cc1)C(C)CC. The normalized spacial score (nSPS) is 12.0. The van der Waals surface area contributed by atoms with Crippen LogP contribution in [-0.4, -0.2) is 30.0 Å². The molecule has 1 unspecified atom stereocenters. The third-order valence-electron chi connectivity index (χ3n) is 3.58. The first-order valence-electron chi connectivity index (χ1n) is 7.57. The average molecular weight is 277 g/mol. The lowest BCUT2D eigenvalue weighted by Crippen LogP contribution is -2.41. The van der Waals surface area contributed by atoms with Crippen LogP contribution in [0.4, 0.5) is 0 Å². The summed E-state index contributed by atoms with van der Waals surface area (Å²) >= 11 is 0. The predicted octanol–water partition coefficient (Wildman–Crippen LogP) is 3.80. The minimum Gasteiger partial charge on any atom is -0.484 e. The van der Waals surface area contributed by atoms with Crippen molar-refractivity contribution in [2.75, 3.05) is 13.2 Å². The predicted molar refractivity (Wildman–Crippen MR) is 83.0 cm³/mol. The maximum atomic E-state index is 12.3. The number of carbonyl (C=O) groups is 1. The molecule has 1 aromatic carbocycles. The summed E-state index contributed by atoms with van der Waals surface area (Å²) in [6, 6.07) is 8.06. The highest BCUT2D eigenvalue weighted by molar-refractivity contribution is 5.78. The number of carbonyl (C=O) groups excluding carboxylic acids is 1.